The molecule has 0 atom stereocenters. The molecule has 3 heteroatoms. The summed E-state index contributed by atoms with van der Waals surface area (Å²) in [6, 6.07) is 7.96. The quantitative estimate of drug-likeness (QED) is 0.847. The lowest BCUT2D eigenvalue weighted by Gasteiger charge is -2.26. The Kier molecular flexibility index (Phi) is 4.11. The molecular weight excluding hydrogens is 268 g/mol. The van der Waals surface area contributed by atoms with Crippen LogP contribution in [0.4, 0.5) is 5.69 Å². The van der Waals surface area contributed by atoms with Crippen LogP contribution in [0.5, 0.6) is 0 Å². The maximum Gasteiger partial charge on any atom is 0.0934 e. The van der Waals surface area contributed by atoms with Crippen molar-refractivity contribution in [2.45, 2.75) is 32.6 Å². The monoisotopic (exact) mass is 288 g/mol. The highest BCUT2D eigenvalue weighted by Crippen LogP contribution is 2.30. The minimum atomic E-state index is 0.769. The summed E-state index contributed by atoms with van der Waals surface area (Å²) in [6.07, 6.45) is 7.23. The van der Waals surface area contributed by atoms with Gasteiger partial charge in [-0.15, -0.1) is 0 Å². The van der Waals surface area contributed by atoms with Crippen LogP contribution in [-0.4, -0.2) is 11.5 Å². The van der Waals surface area contributed by atoms with Gasteiger partial charge in [-0.25, -0.2) is 0 Å². The summed E-state index contributed by atoms with van der Waals surface area (Å²) in [4.78, 5) is 4.48. The van der Waals surface area contributed by atoms with Gasteiger partial charge in [-0.05, 0) is 42.9 Å². The predicted molar refractivity (Wildman–Crippen MR) is 86.4 cm³/mol. The number of fused-ring (bicyclic) bond motifs is 1. The maximum atomic E-state index is 6.20. The number of nitrogens with one attached hydrogen (secondary N) is 1. The molecule has 1 heterocycles. The molecule has 2 nitrogen and oxygen atoms in total. The van der Waals surface area contributed by atoms with Crippen LogP contribution >= 0.6 is 11.6 Å². The number of rotatable bonds is 3. The van der Waals surface area contributed by atoms with Gasteiger partial charge in [0, 0.05) is 23.2 Å². The fraction of sp³-hybridized carbons (Fsp3) is 0.471. The van der Waals surface area contributed by atoms with Crippen LogP contribution in [0.1, 0.15) is 32.6 Å². The summed E-state index contributed by atoms with van der Waals surface area (Å²) in [7, 11) is 0. The van der Waals surface area contributed by atoms with Gasteiger partial charge in [0.1, 0.15) is 0 Å². The smallest absolute Gasteiger partial charge is 0.0934 e. The van der Waals surface area contributed by atoms with Crippen LogP contribution in [0.25, 0.3) is 10.9 Å². The van der Waals surface area contributed by atoms with E-state index in [4.69, 9.17) is 11.6 Å². The van der Waals surface area contributed by atoms with Crippen molar-refractivity contribution < 1.29 is 0 Å². The Morgan fingerprint density at radius 2 is 2.05 bits per heavy atom. The predicted octanol–water partition coefficient (Wildman–Crippen LogP) is 5.13. The second kappa shape index (κ2) is 6.01. The van der Waals surface area contributed by atoms with E-state index in [1.54, 1.807) is 0 Å². The minimum Gasteiger partial charge on any atom is -0.383 e. The fourth-order valence-corrected chi connectivity index (χ4v) is 3.30. The molecule has 2 aromatic rings. The van der Waals surface area contributed by atoms with Gasteiger partial charge < -0.3 is 5.32 Å². The molecule has 1 saturated carbocycles. The Balaban J connectivity index is 1.74. The van der Waals surface area contributed by atoms with Gasteiger partial charge >= 0.3 is 0 Å². The third kappa shape index (κ3) is 3.06. The third-order valence-corrected chi connectivity index (χ3v) is 4.60. The minimum absolute atomic E-state index is 0.769. The zero-order valence-corrected chi connectivity index (χ0v) is 12.7. The van der Waals surface area contributed by atoms with Crippen LogP contribution in [0.15, 0.2) is 30.5 Å². The molecule has 1 aliphatic carbocycles. The molecule has 0 bridgehead atoms. The van der Waals surface area contributed by atoms with Crippen molar-refractivity contribution in [3.63, 3.8) is 0 Å². The average molecular weight is 289 g/mol. The lowest BCUT2D eigenvalue weighted by Crippen LogP contribution is -2.20. The highest BCUT2D eigenvalue weighted by atomic mass is 35.5. The highest BCUT2D eigenvalue weighted by Gasteiger charge is 2.18. The largest absolute Gasteiger partial charge is 0.383 e. The standard InChI is InChI=1S/C17H21ClN2/c1-12-4-6-13(7-5-12)11-20-16-10-15(18)9-14-3-2-8-19-17(14)16/h2-3,8-10,12-13,20H,4-7,11H2,1H3. The molecule has 0 saturated heterocycles. The summed E-state index contributed by atoms with van der Waals surface area (Å²) >= 11 is 6.20. The number of pyridine rings is 1. The fourth-order valence-electron chi connectivity index (χ4n) is 3.08. The van der Waals surface area contributed by atoms with E-state index in [9.17, 15) is 0 Å². The molecule has 0 aliphatic heterocycles. The van der Waals surface area contributed by atoms with Gasteiger partial charge in [0.2, 0.25) is 0 Å². The molecule has 0 spiro atoms. The van der Waals surface area contributed by atoms with Crippen LogP contribution < -0.4 is 5.32 Å². The Morgan fingerprint density at radius 1 is 1.25 bits per heavy atom. The molecule has 20 heavy (non-hydrogen) atoms. The first kappa shape index (κ1) is 13.7. The van der Waals surface area contributed by atoms with E-state index in [1.807, 2.05) is 24.4 Å². The van der Waals surface area contributed by atoms with E-state index in [0.717, 1.165) is 40.0 Å². The van der Waals surface area contributed by atoms with E-state index in [0.29, 0.717) is 0 Å². The zero-order valence-electron chi connectivity index (χ0n) is 11.9. The average Bonchev–Trinajstić information content (AvgIpc) is 2.46. The summed E-state index contributed by atoms with van der Waals surface area (Å²) in [6.45, 7) is 3.39. The lowest BCUT2D eigenvalue weighted by atomic mass is 9.83. The van der Waals surface area contributed by atoms with Crippen LogP contribution in [0.2, 0.25) is 5.02 Å². The molecule has 1 aliphatic rings. The number of hydrogen-bond donors (Lipinski definition) is 1. The number of aromatic nitrogens is 1. The molecule has 0 amide bonds. The van der Waals surface area contributed by atoms with Crippen LogP contribution in [-0.2, 0) is 0 Å². The van der Waals surface area contributed by atoms with Crippen molar-refractivity contribution in [2.75, 3.05) is 11.9 Å². The zero-order chi connectivity index (χ0) is 13.9. The van der Waals surface area contributed by atoms with Crippen molar-refractivity contribution in [1.82, 2.24) is 4.98 Å². The van der Waals surface area contributed by atoms with Crippen molar-refractivity contribution >= 4 is 28.2 Å². The third-order valence-electron chi connectivity index (χ3n) is 4.39. The number of nitrogens with zero attached hydrogens (tertiary/aromatic N) is 1. The van der Waals surface area contributed by atoms with Crippen LogP contribution in [0.3, 0.4) is 0 Å². The second-order valence-electron chi connectivity index (χ2n) is 6.04. The van der Waals surface area contributed by atoms with E-state index in [-0.39, 0.29) is 0 Å². The van der Waals surface area contributed by atoms with Gasteiger partial charge in [-0.2, -0.15) is 0 Å². The van der Waals surface area contributed by atoms with Crippen molar-refractivity contribution in [3.8, 4) is 0 Å². The van der Waals surface area contributed by atoms with Crippen molar-refractivity contribution in [1.29, 1.82) is 0 Å². The molecule has 1 N–H and O–H groups in total. The summed E-state index contributed by atoms with van der Waals surface area (Å²) < 4.78 is 0. The molecule has 1 aromatic heterocycles. The Labute approximate surface area is 125 Å². The van der Waals surface area contributed by atoms with E-state index < -0.39 is 0 Å². The van der Waals surface area contributed by atoms with Gasteiger partial charge in [-0.1, -0.05) is 37.4 Å². The van der Waals surface area contributed by atoms with Gasteiger partial charge in [0.15, 0.2) is 0 Å². The summed E-state index contributed by atoms with van der Waals surface area (Å²) in [5.74, 6) is 1.68. The number of benzene rings is 1. The normalized spacial score (nSPS) is 22.9. The Bertz CT molecular complexity index is 589. The topological polar surface area (TPSA) is 24.9 Å². The lowest BCUT2D eigenvalue weighted by molar-refractivity contribution is 0.300. The van der Waals surface area contributed by atoms with Gasteiger partial charge in [0.05, 0.1) is 11.2 Å². The SMILES string of the molecule is CC1CCC(CNc2cc(Cl)cc3cccnc23)CC1. The molecule has 106 valence electrons. The molecule has 3 rings (SSSR count). The molecule has 1 aromatic carbocycles. The van der Waals surface area contributed by atoms with Crippen LogP contribution in [0, 0.1) is 11.8 Å². The number of hydrogen-bond acceptors (Lipinski definition) is 2. The summed E-state index contributed by atoms with van der Waals surface area (Å²) in [5, 5.41) is 5.43. The van der Waals surface area contributed by atoms with E-state index >= 15 is 0 Å². The van der Waals surface area contributed by atoms with Gasteiger partial charge in [-0.3, -0.25) is 4.98 Å². The van der Waals surface area contributed by atoms with E-state index in [1.165, 1.54) is 25.7 Å². The summed E-state index contributed by atoms with van der Waals surface area (Å²) in [5.41, 5.74) is 2.08. The Morgan fingerprint density at radius 3 is 2.85 bits per heavy atom. The van der Waals surface area contributed by atoms with Crippen molar-refractivity contribution in [3.05, 3.63) is 35.5 Å². The highest BCUT2D eigenvalue weighted by molar-refractivity contribution is 6.31. The van der Waals surface area contributed by atoms with E-state index in [2.05, 4.69) is 23.3 Å². The molecule has 0 unspecified atom stereocenters. The molecule has 1 fully saturated rings. The molecule has 0 radical (unpaired) electrons. The van der Waals surface area contributed by atoms with Crippen molar-refractivity contribution in [2.24, 2.45) is 11.8 Å². The maximum absolute atomic E-state index is 6.20. The first-order valence-electron chi connectivity index (χ1n) is 7.50. The van der Waals surface area contributed by atoms with Gasteiger partial charge in [0.25, 0.3) is 0 Å². The molecular formula is C17H21ClN2. The first-order valence-corrected chi connectivity index (χ1v) is 7.88. The number of anilines is 1. The Hall–Kier alpha value is -1.28. The second-order valence-corrected chi connectivity index (χ2v) is 6.47. The number of halogens is 1. The first-order chi connectivity index (χ1) is 9.72.